The number of aromatic nitrogens is 2. The summed E-state index contributed by atoms with van der Waals surface area (Å²) in [7, 11) is -3.20. The van der Waals surface area contributed by atoms with Gasteiger partial charge in [-0.15, -0.1) is 0 Å². The van der Waals surface area contributed by atoms with Crippen LogP contribution in [-0.2, 0) is 22.9 Å². The van der Waals surface area contributed by atoms with Crippen molar-refractivity contribution in [3.63, 3.8) is 0 Å². The van der Waals surface area contributed by atoms with Gasteiger partial charge in [0.05, 0.1) is 5.75 Å². The lowest BCUT2D eigenvalue weighted by Gasteiger charge is -2.36. The SMILES string of the molecule is CCCS(=O)(=O)N1CCN(c2nc([C@H](C)CC)nc(CC)c2Cc2ccc(F)cc2)CC1. The number of anilines is 1. The van der Waals surface area contributed by atoms with Gasteiger partial charge in [-0.2, -0.15) is 4.31 Å². The third-order valence-corrected chi connectivity index (χ3v) is 8.24. The molecule has 3 rings (SSSR count). The second-order valence-corrected chi connectivity index (χ2v) is 10.6. The molecule has 0 spiro atoms. The van der Waals surface area contributed by atoms with Crippen molar-refractivity contribution in [1.29, 1.82) is 0 Å². The van der Waals surface area contributed by atoms with Crippen molar-refractivity contribution in [2.75, 3.05) is 36.8 Å². The smallest absolute Gasteiger partial charge is 0.214 e. The van der Waals surface area contributed by atoms with Crippen LogP contribution in [0.2, 0.25) is 0 Å². The molecule has 1 aromatic carbocycles. The second kappa shape index (κ2) is 10.7. The van der Waals surface area contributed by atoms with E-state index in [1.807, 2.05) is 6.92 Å². The van der Waals surface area contributed by atoms with Gasteiger partial charge in [0.2, 0.25) is 10.0 Å². The molecule has 0 radical (unpaired) electrons. The molecule has 0 bridgehead atoms. The summed E-state index contributed by atoms with van der Waals surface area (Å²) in [6.07, 6.45) is 2.96. The second-order valence-electron chi connectivity index (χ2n) is 8.50. The first-order chi connectivity index (χ1) is 15.3. The fraction of sp³-hybridized carbons (Fsp3) is 0.583. The quantitative estimate of drug-likeness (QED) is 0.560. The van der Waals surface area contributed by atoms with Crippen molar-refractivity contribution in [3.05, 3.63) is 52.7 Å². The molecule has 1 saturated heterocycles. The molecule has 0 aliphatic carbocycles. The Balaban J connectivity index is 1.96. The molecule has 1 atom stereocenters. The number of halogens is 1. The molecule has 0 unspecified atom stereocenters. The Morgan fingerprint density at radius 1 is 1.03 bits per heavy atom. The number of rotatable bonds is 9. The zero-order valence-corrected chi connectivity index (χ0v) is 20.5. The van der Waals surface area contributed by atoms with Crippen molar-refractivity contribution >= 4 is 15.8 Å². The first-order valence-corrected chi connectivity index (χ1v) is 13.3. The van der Waals surface area contributed by atoms with Crippen LogP contribution in [0.25, 0.3) is 0 Å². The molecule has 0 saturated carbocycles. The molecule has 6 nitrogen and oxygen atoms in total. The van der Waals surface area contributed by atoms with E-state index in [1.54, 1.807) is 16.4 Å². The molecule has 1 aliphatic heterocycles. The van der Waals surface area contributed by atoms with Gasteiger partial charge in [0.25, 0.3) is 0 Å². The van der Waals surface area contributed by atoms with Crippen LogP contribution < -0.4 is 4.90 Å². The van der Waals surface area contributed by atoms with E-state index in [-0.39, 0.29) is 17.5 Å². The van der Waals surface area contributed by atoms with E-state index in [9.17, 15) is 12.8 Å². The van der Waals surface area contributed by atoms with Crippen molar-refractivity contribution in [3.8, 4) is 0 Å². The summed E-state index contributed by atoms with van der Waals surface area (Å²) in [6.45, 7) is 10.4. The van der Waals surface area contributed by atoms with Crippen LogP contribution in [0.3, 0.4) is 0 Å². The average molecular weight is 463 g/mol. The van der Waals surface area contributed by atoms with E-state index >= 15 is 0 Å². The predicted molar refractivity (Wildman–Crippen MR) is 127 cm³/mol. The Hall–Kier alpha value is -2.06. The van der Waals surface area contributed by atoms with Gasteiger partial charge in [0.1, 0.15) is 17.5 Å². The van der Waals surface area contributed by atoms with Gasteiger partial charge in [-0.25, -0.2) is 22.8 Å². The highest BCUT2D eigenvalue weighted by Gasteiger charge is 2.29. The van der Waals surface area contributed by atoms with Crippen molar-refractivity contribution < 1.29 is 12.8 Å². The molecule has 2 heterocycles. The van der Waals surface area contributed by atoms with Crippen LogP contribution in [0.1, 0.15) is 69.1 Å². The molecule has 1 aromatic heterocycles. The molecule has 0 N–H and O–H groups in total. The highest BCUT2D eigenvalue weighted by molar-refractivity contribution is 7.89. The van der Waals surface area contributed by atoms with E-state index in [2.05, 4.69) is 25.7 Å². The fourth-order valence-corrected chi connectivity index (χ4v) is 5.54. The minimum atomic E-state index is -3.20. The van der Waals surface area contributed by atoms with E-state index < -0.39 is 10.0 Å². The molecular weight excluding hydrogens is 427 g/mol. The Morgan fingerprint density at radius 2 is 1.69 bits per heavy atom. The summed E-state index contributed by atoms with van der Waals surface area (Å²) in [5.74, 6) is 1.91. The number of hydrogen-bond acceptors (Lipinski definition) is 5. The van der Waals surface area contributed by atoms with E-state index in [4.69, 9.17) is 9.97 Å². The monoisotopic (exact) mass is 462 g/mol. The lowest BCUT2D eigenvalue weighted by molar-refractivity contribution is 0.383. The molecule has 32 heavy (non-hydrogen) atoms. The Kier molecular flexibility index (Phi) is 8.22. The van der Waals surface area contributed by atoms with Crippen LogP contribution in [0.5, 0.6) is 0 Å². The number of hydrogen-bond donors (Lipinski definition) is 0. The number of benzene rings is 1. The summed E-state index contributed by atoms with van der Waals surface area (Å²) in [5.41, 5.74) is 3.07. The topological polar surface area (TPSA) is 66.4 Å². The Morgan fingerprint density at radius 3 is 2.25 bits per heavy atom. The van der Waals surface area contributed by atoms with Gasteiger partial charge in [0, 0.05) is 49.8 Å². The number of piperazine rings is 1. The van der Waals surface area contributed by atoms with Crippen LogP contribution >= 0.6 is 0 Å². The lowest BCUT2D eigenvalue weighted by atomic mass is 10.0. The fourth-order valence-electron chi connectivity index (χ4n) is 4.05. The van der Waals surface area contributed by atoms with Gasteiger partial charge in [-0.05, 0) is 37.0 Å². The minimum absolute atomic E-state index is 0.189. The normalized spacial score (nSPS) is 16.3. The van der Waals surface area contributed by atoms with Crippen LogP contribution in [0.15, 0.2) is 24.3 Å². The zero-order chi connectivity index (χ0) is 23.3. The zero-order valence-electron chi connectivity index (χ0n) is 19.6. The predicted octanol–water partition coefficient (Wildman–Crippen LogP) is 4.14. The molecule has 2 aromatic rings. The summed E-state index contributed by atoms with van der Waals surface area (Å²) < 4.78 is 40.0. The highest BCUT2D eigenvalue weighted by atomic mass is 32.2. The first kappa shape index (κ1) is 24.6. The standard InChI is InChI=1S/C24H35FN4O2S/c1-5-16-32(30,31)29-14-12-28(13-15-29)24-21(17-19-8-10-20(25)11-9-19)22(7-3)26-23(27-24)18(4)6-2/h8-11,18H,5-7,12-17H2,1-4H3/t18-/m1/s1. The molecule has 0 amide bonds. The summed E-state index contributed by atoms with van der Waals surface area (Å²) >= 11 is 0. The number of nitrogens with zero attached hydrogens (tertiary/aromatic N) is 4. The lowest BCUT2D eigenvalue weighted by Crippen LogP contribution is -2.49. The minimum Gasteiger partial charge on any atom is -0.354 e. The molecule has 8 heteroatoms. The molecular formula is C24H35FN4O2S. The van der Waals surface area contributed by atoms with E-state index in [1.165, 1.54) is 12.1 Å². The number of aryl methyl sites for hydroxylation is 1. The largest absolute Gasteiger partial charge is 0.354 e. The summed E-state index contributed by atoms with van der Waals surface area (Å²) in [6, 6.07) is 6.56. The van der Waals surface area contributed by atoms with Gasteiger partial charge in [-0.3, -0.25) is 0 Å². The maximum atomic E-state index is 13.4. The summed E-state index contributed by atoms with van der Waals surface area (Å²) in [5, 5.41) is 0. The average Bonchev–Trinajstić information content (AvgIpc) is 2.80. The van der Waals surface area contributed by atoms with Crippen LogP contribution in [0.4, 0.5) is 10.2 Å². The Labute approximate surface area is 191 Å². The maximum absolute atomic E-state index is 13.4. The van der Waals surface area contributed by atoms with Crippen molar-refractivity contribution in [2.24, 2.45) is 0 Å². The molecule has 176 valence electrons. The molecule has 1 aliphatic rings. The van der Waals surface area contributed by atoms with E-state index in [0.717, 1.165) is 41.3 Å². The van der Waals surface area contributed by atoms with Crippen LogP contribution in [-0.4, -0.2) is 54.6 Å². The number of sulfonamides is 1. The van der Waals surface area contributed by atoms with Crippen LogP contribution in [0, 0.1) is 5.82 Å². The first-order valence-electron chi connectivity index (χ1n) is 11.7. The third-order valence-electron chi connectivity index (χ3n) is 6.16. The highest BCUT2D eigenvalue weighted by Crippen LogP contribution is 2.29. The van der Waals surface area contributed by atoms with Gasteiger partial charge >= 0.3 is 0 Å². The Bertz CT molecular complexity index is 1000. The maximum Gasteiger partial charge on any atom is 0.214 e. The van der Waals surface area contributed by atoms with Gasteiger partial charge in [-0.1, -0.05) is 39.8 Å². The van der Waals surface area contributed by atoms with E-state index in [0.29, 0.717) is 39.0 Å². The van der Waals surface area contributed by atoms with Crippen molar-refractivity contribution in [1.82, 2.24) is 14.3 Å². The molecule has 1 fully saturated rings. The van der Waals surface area contributed by atoms with Gasteiger partial charge in [0.15, 0.2) is 0 Å². The third kappa shape index (κ3) is 5.64. The summed E-state index contributed by atoms with van der Waals surface area (Å²) in [4.78, 5) is 12.1. The van der Waals surface area contributed by atoms with Crippen molar-refractivity contribution in [2.45, 2.75) is 59.3 Å². The van der Waals surface area contributed by atoms with Gasteiger partial charge < -0.3 is 4.90 Å².